The lowest BCUT2D eigenvalue weighted by Crippen LogP contribution is -2.20. The van der Waals surface area contributed by atoms with E-state index in [9.17, 15) is 0 Å². The summed E-state index contributed by atoms with van der Waals surface area (Å²) in [6.07, 6.45) is 8.27. The lowest BCUT2D eigenvalue weighted by atomic mass is 9.91. The summed E-state index contributed by atoms with van der Waals surface area (Å²) in [6, 6.07) is 8.50. The Morgan fingerprint density at radius 1 is 1.38 bits per heavy atom. The van der Waals surface area contributed by atoms with Crippen LogP contribution in [0.3, 0.4) is 0 Å². The summed E-state index contributed by atoms with van der Waals surface area (Å²) in [5.74, 6) is 0.911. The number of ether oxygens (including phenoxy) is 1. The van der Waals surface area contributed by atoms with Crippen LogP contribution >= 0.6 is 15.9 Å². The number of nitrogens with zero attached hydrogens (tertiary/aromatic N) is 1. The van der Waals surface area contributed by atoms with Gasteiger partial charge in [-0.05, 0) is 55.6 Å². The van der Waals surface area contributed by atoms with Crippen LogP contribution in [0.4, 0.5) is 0 Å². The predicted octanol–water partition coefficient (Wildman–Crippen LogP) is 3.93. The molecule has 2 aromatic rings. The molecule has 0 amide bonds. The number of benzene rings is 1. The van der Waals surface area contributed by atoms with Crippen molar-refractivity contribution in [3.05, 3.63) is 52.3 Å². The first kappa shape index (κ1) is 14.7. The normalized spacial score (nSPS) is 17.5. The lowest BCUT2D eigenvalue weighted by molar-refractivity contribution is 0.298. The van der Waals surface area contributed by atoms with Gasteiger partial charge in [0.2, 0.25) is 0 Å². The Hall–Kier alpha value is -1.26. The number of nitrogens with one attached hydrogen (secondary N) is 1. The molecule has 3 rings (SSSR count). The molecule has 1 aliphatic carbocycles. The number of aryl methyl sites for hydroxylation is 1. The van der Waals surface area contributed by atoms with Crippen LogP contribution in [-0.2, 0) is 13.0 Å². The molecule has 0 saturated carbocycles. The Kier molecular flexibility index (Phi) is 4.66. The van der Waals surface area contributed by atoms with E-state index in [4.69, 9.17) is 4.74 Å². The van der Waals surface area contributed by atoms with Gasteiger partial charge in [0, 0.05) is 22.9 Å². The van der Waals surface area contributed by atoms with Gasteiger partial charge in [0.15, 0.2) is 0 Å². The largest absolute Gasteiger partial charge is 0.492 e. The molecule has 0 radical (unpaired) electrons. The molecule has 1 unspecified atom stereocenters. The topological polar surface area (TPSA) is 26.2 Å². The zero-order valence-corrected chi connectivity index (χ0v) is 13.9. The van der Waals surface area contributed by atoms with Crippen LogP contribution in [0.5, 0.6) is 5.75 Å². The summed E-state index contributed by atoms with van der Waals surface area (Å²) in [4.78, 5) is 0. The molecular formula is C17H21BrN2O. The molecule has 0 bridgehead atoms. The fraction of sp³-hybridized carbons (Fsp3) is 0.412. The van der Waals surface area contributed by atoms with Crippen LogP contribution < -0.4 is 10.1 Å². The van der Waals surface area contributed by atoms with Crippen LogP contribution in [0.1, 0.15) is 30.0 Å². The third-order valence-corrected chi connectivity index (χ3v) is 4.57. The first-order valence-electron chi connectivity index (χ1n) is 7.50. The van der Waals surface area contributed by atoms with Gasteiger partial charge in [-0.15, -0.1) is 0 Å². The average Bonchev–Trinajstić information content (AvgIpc) is 2.90. The zero-order chi connectivity index (χ0) is 14.7. The summed E-state index contributed by atoms with van der Waals surface area (Å²) in [7, 11) is 2.05. The van der Waals surface area contributed by atoms with Crippen LogP contribution in [0, 0.1) is 0 Å². The van der Waals surface area contributed by atoms with E-state index in [1.165, 1.54) is 30.4 Å². The molecule has 0 spiro atoms. The number of hydrogen-bond donors (Lipinski definition) is 1. The summed E-state index contributed by atoms with van der Waals surface area (Å²) >= 11 is 3.46. The minimum Gasteiger partial charge on any atom is -0.492 e. The van der Waals surface area contributed by atoms with E-state index in [1.54, 1.807) is 0 Å². The highest BCUT2D eigenvalue weighted by atomic mass is 79.9. The molecule has 1 heterocycles. The highest BCUT2D eigenvalue weighted by Gasteiger charge is 2.20. The van der Waals surface area contributed by atoms with Crippen molar-refractivity contribution in [3.8, 4) is 5.75 Å². The highest BCUT2D eigenvalue weighted by molar-refractivity contribution is 9.10. The van der Waals surface area contributed by atoms with Gasteiger partial charge in [-0.3, -0.25) is 0 Å². The van der Waals surface area contributed by atoms with Gasteiger partial charge in [-0.2, -0.15) is 0 Å². The number of aromatic nitrogens is 1. The average molecular weight is 349 g/mol. The molecule has 0 aliphatic heterocycles. The van der Waals surface area contributed by atoms with Crippen molar-refractivity contribution in [2.45, 2.75) is 31.8 Å². The van der Waals surface area contributed by atoms with E-state index in [-0.39, 0.29) is 0 Å². The van der Waals surface area contributed by atoms with Gasteiger partial charge in [0.1, 0.15) is 12.4 Å². The third kappa shape index (κ3) is 3.50. The van der Waals surface area contributed by atoms with E-state index in [0.717, 1.165) is 16.8 Å². The van der Waals surface area contributed by atoms with Crippen molar-refractivity contribution in [1.29, 1.82) is 0 Å². The van der Waals surface area contributed by atoms with Gasteiger partial charge in [-0.25, -0.2) is 0 Å². The van der Waals surface area contributed by atoms with Crippen molar-refractivity contribution < 1.29 is 4.74 Å². The Labute approximate surface area is 134 Å². The molecule has 1 N–H and O–H groups in total. The first-order chi connectivity index (χ1) is 10.3. The van der Waals surface area contributed by atoms with Crippen molar-refractivity contribution in [2.24, 2.45) is 0 Å². The molecule has 1 aromatic carbocycles. The third-order valence-electron chi connectivity index (χ3n) is 4.07. The molecular weight excluding hydrogens is 328 g/mol. The van der Waals surface area contributed by atoms with Gasteiger partial charge in [-0.1, -0.05) is 22.0 Å². The van der Waals surface area contributed by atoms with Crippen molar-refractivity contribution in [3.63, 3.8) is 0 Å². The fourth-order valence-electron chi connectivity index (χ4n) is 3.00. The molecule has 21 heavy (non-hydrogen) atoms. The summed E-state index contributed by atoms with van der Waals surface area (Å²) in [5.41, 5.74) is 2.95. The molecule has 3 nitrogen and oxygen atoms in total. The number of halogens is 1. The smallest absolute Gasteiger partial charge is 0.120 e. The molecule has 1 aromatic heterocycles. The monoisotopic (exact) mass is 348 g/mol. The molecule has 1 atom stereocenters. The summed E-state index contributed by atoms with van der Waals surface area (Å²) in [6.45, 7) is 1.57. The van der Waals surface area contributed by atoms with Gasteiger partial charge < -0.3 is 14.6 Å². The maximum absolute atomic E-state index is 5.81. The minimum atomic E-state index is 0.515. The van der Waals surface area contributed by atoms with Gasteiger partial charge >= 0.3 is 0 Å². The van der Waals surface area contributed by atoms with Crippen LogP contribution in [0.25, 0.3) is 0 Å². The van der Waals surface area contributed by atoms with E-state index < -0.39 is 0 Å². The summed E-state index contributed by atoms with van der Waals surface area (Å²) < 4.78 is 9.12. The van der Waals surface area contributed by atoms with Crippen LogP contribution in [0.15, 0.2) is 41.1 Å². The highest BCUT2D eigenvalue weighted by Crippen LogP contribution is 2.30. The maximum atomic E-state index is 5.81. The molecule has 0 fully saturated rings. The number of hydrogen-bond acceptors (Lipinski definition) is 2. The SMILES string of the molecule is CNC1CCCc2cn(CCOc3cccc(Br)c3)cc21. The second-order valence-electron chi connectivity index (χ2n) is 5.52. The standard InChI is InChI=1S/C17H21BrN2O/c1-19-17-7-2-4-13-11-20(12-16(13)17)8-9-21-15-6-3-5-14(18)10-15/h3,5-6,10-12,17,19H,2,4,7-9H2,1H3. The van der Waals surface area contributed by atoms with Crippen molar-refractivity contribution in [2.75, 3.05) is 13.7 Å². The second kappa shape index (κ2) is 6.67. The van der Waals surface area contributed by atoms with E-state index in [2.05, 4.69) is 38.2 Å². The predicted molar refractivity (Wildman–Crippen MR) is 88.8 cm³/mol. The first-order valence-corrected chi connectivity index (χ1v) is 8.30. The van der Waals surface area contributed by atoms with Gasteiger partial charge in [0.25, 0.3) is 0 Å². The zero-order valence-electron chi connectivity index (χ0n) is 12.3. The van der Waals surface area contributed by atoms with E-state index >= 15 is 0 Å². The van der Waals surface area contributed by atoms with E-state index in [0.29, 0.717) is 12.6 Å². The van der Waals surface area contributed by atoms with Crippen LogP contribution in [0.2, 0.25) is 0 Å². The molecule has 1 aliphatic rings. The van der Waals surface area contributed by atoms with Crippen molar-refractivity contribution in [1.82, 2.24) is 9.88 Å². The second-order valence-corrected chi connectivity index (χ2v) is 6.43. The quantitative estimate of drug-likeness (QED) is 0.885. The lowest BCUT2D eigenvalue weighted by Gasteiger charge is -2.21. The Morgan fingerprint density at radius 3 is 3.10 bits per heavy atom. The molecule has 112 valence electrons. The molecule has 0 saturated heterocycles. The van der Waals surface area contributed by atoms with Crippen LogP contribution in [-0.4, -0.2) is 18.2 Å². The van der Waals surface area contributed by atoms with Gasteiger partial charge in [0.05, 0.1) is 6.54 Å². The maximum Gasteiger partial charge on any atom is 0.120 e. The Bertz CT molecular complexity index is 609. The minimum absolute atomic E-state index is 0.515. The molecule has 4 heteroatoms. The van der Waals surface area contributed by atoms with E-state index in [1.807, 2.05) is 31.3 Å². The Balaban J connectivity index is 1.60. The van der Waals surface area contributed by atoms with Crippen molar-refractivity contribution >= 4 is 15.9 Å². The summed E-state index contributed by atoms with van der Waals surface area (Å²) in [5, 5.41) is 3.41. The Morgan fingerprint density at radius 2 is 2.29 bits per heavy atom. The number of fused-ring (bicyclic) bond motifs is 1. The number of rotatable bonds is 5. The fourth-order valence-corrected chi connectivity index (χ4v) is 3.38.